The third kappa shape index (κ3) is 2.33. The third-order valence-corrected chi connectivity index (χ3v) is 9.12. The maximum atomic E-state index is 5.99. The van der Waals surface area contributed by atoms with Gasteiger partial charge in [-0.1, -0.05) is 34.0 Å². The SMILES string of the molecule is C=C[Si](Cl)(C=C)CI. The second-order valence-corrected chi connectivity index (χ2v) is 8.81. The Bertz CT molecular complexity index is 94.6. The van der Waals surface area contributed by atoms with Crippen LogP contribution >= 0.6 is 33.7 Å². The second kappa shape index (κ2) is 3.69. The van der Waals surface area contributed by atoms with Gasteiger partial charge >= 0.3 is 0 Å². The second-order valence-electron chi connectivity index (χ2n) is 1.47. The Morgan fingerprint density at radius 3 is 1.88 bits per heavy atom. The van der Waals surface area contributed by atoms with E-state index in [2.05, 4.69) is 35.7 Å². The Morgan fingerprint density at radius 2 is 1.88 bits per heavy atom. The minimum Gasteiger partial charge on any atom is -0.155 e. The molecule has 0 amide bonds. The summed E-state index contributed by atoms with van der Waals surface area (Å²) in [6.07, 6.45) is 0. The number of alkyl halides is 1. The van der Waals surface area contributed by atoms with Gasteiger partial charge in [-0.05, 0) is 0 Å². The third-order valence-electron chi connectivity index (χ3n) is 0.883. The summed E-state index contributed by atoms with van der Waals surface area (Å²) in [7, 11) is -1.68. The Morgan fingerprint density at radius 1 is 1.50 bits per heavy atom. The van der Waals surface area contributed by atoms with E-state index in [0.717, 1.165) is 4.05 Å². The maximum absolute atomic E-state index is 5.99. The normalized spacial score (nSPS) is 10.8. The van der Waals surface area contributed by atoms with Crippen molar-refractivity contribution in [3.8, 4) is 0 Å². The van der Waals surface area contributed by atoms with Crippen LogP contribution in [0.25, 0.3) is 0 Å². The lowest BCUT2D eigenvalue weighted by atomic mass is 11.2. The van der Waals surface area contributed by atoms with Gasteiger partial charge in [0, 0.05) is 4.05 Å². The van der Waals surface area contributed by atoms with Crippen LogP contribution in [0.2, 0.25) is 0 Å². The molecule has 0 aliphatic rings. The first kappa shape index (κ1) is 8.72. The molecule has 0 rings (SSSR count). The predicted molar refractivity (Wildman–Crippen MR) is 50.9 cm³/mol. The first-order valence-corrected chi connectivity index (χ1v) is 7.10. The zero-order valence-corrected chi connectivity index (χ0v) is 8.45. The fourth-order valence-corrected chi connectivity index (χ4v) is 2.45. The zero-order chi connectivity index (χ0) is 6.62. The summed E-state index contributed by atoms with van der Waals surface area (Å²) in [5.74, 6) is 0. The summed E-state index contributed by atoms with van der Waals surface area (Å²) in [6, 6.07) is 0. The van der Waals surface area contributed by atoms with Crippen LogP contribution in [0, 0.1) is 0 Å². The van der Waals surface area contributed by atoms with E-state index in [1.165, 1.54) is 0 Å². The molecule has 0 aromatic carbocycles. The Balaban J connectivity index is 3.96. The van der Waals surface area contributed by atoms with Gasteiger partial charge in [-0.3, -0.25) is 0 Å². The highest BCUT2D eigenvalue weighted by atomic mass is 127. The van der Waals surface area contributed by atoms with Crippen LogP contribution in [-0.4, -0.2) is 11.4 Å². The fraction of sp³-hybridized carbons (Fsp3) is 0.200. The van der Waals surface area contributed by atoms with Crippen molar-refractivity contribution in [3.63, 3.8) is 0 Å². The highest BCUT2D eigenvalue weighted by Crippen LogP contribution is 2.13. The number of halogens is 2. The first-order valence-electron chi connectivity index (χ1n) is 2.20. The van der Waals surface area contributed by atoms with Gasteiger partial charge in [-0.25, -0.2) is 0 Å². The molecule has 0 radical (unpaired) electrons. The van der Waals surface area contributed by atoms with Crippen LogP contribution < -0.4 is 0 Å². The molecule has 0 nitrogen and oxygen atoms in total. The molecule has 46 valence electrons. The molecule has 0 saturated heterocycles. The number of hydrogen-bond donors (Lipinski definition) is 0. The fourth-order valence-electron chi connectivity index (χ4n) is 0.192. The van der Waals surface area contributed by atoms with E-state index in [0.29, 0.717) is 0 Å². The van der Waals surface area contributed by atoms with Crippen LogP contribution in [0.5, 0.6) is 0 Å². The van der Waals surface area contributed by atoms with Crippen molar-refractivity contribution < 1.29 is 0 Å². The van der Waals surface area contributed by atoms with Crippen LogP contribution in [0.3, 0.4) is 0 Å². The lowest BCUT2D eigenvalue weighted by Crippen LogP contribution is -2.23. The quantitative estimate of drug-likeness (QED) is 0.316. The summed E-state index contributed by atoms with van der Waals surface area (Å²) >= 11 is 8.24. The van der Waals surface area contributed by atoms with E-state index in [9.17, 15) is 0 Å². The van der Waals surface area contributed by atoms with Crippen molar-refractivity contribution in [2.45, 2.75) is 0 Å². The first-order chi connectivity index (χ1) is 3.68. The highest BCUT2D eigenvalue weighted by Gasteiger charge is 2.19. The van der Waals surface area contributed by atoms with E-state index in [-0.39, 0.29) is 0 Å². The summed E-state index contributed by atoms with van der Waals surface area (Å²) in [4.78, 5) is 0. The molecule has 0 atom stereocenters. The van der Waals surface area contributed by atoms with Gasteiger partial charge in [0.15, 0.2) is 0 Å². The van der Waals surface area contributed by atoms with Crippen molar-refractivity contribution in [2.24, 2.45) is 0 Å². The molecular formula is C5H8ClISi. The van der Waals surface area contributed by atoms with E-state index in [4.69, 9.17) is 11.1 Å². The standard InChI is InChI=1S/C5H8ClISi/c1-3-8(6,4-2)5-7/h3-4H,1-2,5H2. The lowest BCUT2D eigenvalue weighted by Gasteiger charge is -2.08. The van der Waals surface area contributed by atoms with Crippen LogP contribution in [0.15, 0.2) is 24.6 Å². The Hall–Kier alpha value is 0.717. The predicted octanol–water partition coefficient (Wildman–Crippen LogP) is 2.60. The van der Waals surface area contributed by atoms with E-state index in [1.807, 2.05) is 11.4 Å². The molecule has 0 N–H and O–H groups in total. The largest absolute Gasteiger partial charge is 0.211 e. The van der Waals surface area contributed by atoms with Crippen molar-refractivity contribution in [3.05, 3.63) is 24.6 Å². The monoisotopic (exact) mass is 258 g/mol. The van der Waals surface area contributed by atoms with Gasteiger partial charge < -0.3 is 0 Å². The van der Waals surface area contributed by atoms with Crippen molar-refractivity contribution in [2.75, 3.05) is 4.05 Å². The lowest BCUT2D eigenvalue weighted by molar-refractivity contribution is 2.06. The molecule has 0 aromatic heterocycles. The van der Waals surface area contributed by atoms with Gasteiger partial charge in [0.2, 0.25) is 7.38 Å². The molecule has 0 fully saturated rings. The van der Waals surface area contributed by atoms with E-state index in [1.54, 1.807) is 0 Å². The molecular weight excluding hydrogens is 250 g/mol. The Labute approximate surface area is 69.5 Å². The average molecular weight is 259 g/mol. The summed E-state index contributed by atoms with van der Waals surface area (Å²) in [5, 5.41) is 0. The van der Waals surface area contributed by atoms with Crippen LogP contribution in [-0.2, 0) is 0 Å². The summed E-state index contributed by atoms with van der Waals surface area (Å²) in [5.41, 5.74) is 3.65. The molecule has 0 aliphatic carbocycles. The van der Waals surface area contributed by atoms with Gasteiger partial charge in [0.05, 0.1) is 0 Å². The molecule has 3 heteroatoms. The summed E-state index contributed by atoms with van der Waals surface area (Å²) in [6.45, 7) is 7.26. The van der Waals surface area contributed by atoms with Gasteiger partial charge in [-0.15, -0.1) is 13.2 Å². The zero-order valence-electron chi connectivity index (χ0n) is 4.53. The van der Waals surface area contributed by atoms with Crippen molar-refractivity contribution in [1.29, 1.82) is 0 Å². The molecule has 0 unspecified atom stereocenters. The minimum atomic E-state index is -1.68. The molecule has 0 heterocycles. The average Bonchev–Trinajstić information content (AvgIpc) is 1.87. The van der Waals surface area contributed by atoms with Crippen molar-refractivity contribution in [1.82, 2.24) is 0 Å². The van der Waals surface area contributed by atoms with E-state index >= 15 is 0 Å². The minimum absolute atomic E-state index is 0.958. The molecule has 0 aromatic rings. The molecule has 0 aliphatic heterocycles. The highest BCUT2D eigenvalue weighted by molar-refractivity contribution is 14.1. The Kier molecular flexibility index (Phi) is 4.02. The number of hydrogen-bond acceptors (Lipinski definition) is 0. The summed E-state index contributed by atoms with van der Waals surface area (Å²) < 4.78 is 0.958. The molecule has 8 heavy (non-hydrogen) atoms. The molecule has 0 saturated carbocycles. The van der Waals surface area contributed by atoms with Gasteiger partial charge in [0.1, 0.15) is 0 Å². The molecule has 0 bridgehead atoms. The van der Waals surface area contributed by atoms with Crippen LogP contribution in [0.4, 0.5) is 0 Å². The van der Waals surface area contributed by atoms with E-state index < -0.39 is 7.38 Å². The molecule has 0 spiro atoms. The number of rotatable bonds is 3. The maximum Gasteiger partial charge on any atom is 0.211 e. The van der Waals surface area contributed by atoms with Crippen LogP contribution in [0.1, 0.15) is 0 Å². The van der Waals surface area contributed by atoms with Crippen molar-refractivity contribution >= 4 is 41.1 Å². The van der Waals surface area contributed by atoms with Gasteiger partial charge in [-0.2, -0.15) is 11.1 Å². The van der Waals surface area contributed by atoms with Gasteiger partial charge in [0.25, 0.3) is 0 Å². The smallest absolute Gasteiger partial charge is 0.155 e. The topological polar surface area (TPSA) is 0 Å².